The number of thiophene rings is 1. The van der Waals surface area contributed by atoms with Crippen molar-refractivity contribution in [3.05, 3.63) is 16.3 Å². The van der Waals surface area contributed by atoms with E-state index in [1.54, 1.807) is 0 Å². The Hall–Kier alpha value is -1.45. The maximum absolute atomic E-state index is 12.4. The maximum Gasteiger partial charge on any atom is 0.401 e. The molecule has 0 unspecified atom stereocenters. The fraction of sp³-hybridized carbons (Fsp3) is 0.500. The molecule has 0 saturated carbocycles. The van der Waals surface area contributed by atoms with Gasteiger partial charge in [-0.25, -0.2) is 15.8 Å². The van der Waals surface area contributed by atoms with Crippen molar-refractivity contribution in [1.82, 2.24) is 14.9 Å². The number of aryl methyl sites for hydroxylation is 2. The molecule has 0 amide bonds. The van der Waals surface area contributed by atoms with E-state index in [1.165, 1.54) is 18.4 Å². The Bertz CT molecular complexity index is 652. The summed E-state index contributed by atoms with van der Waals surface area (Å²) in [7, 11) is 1.38. The first kappa shape index (κ1) is 15.9. The highest BCUT2D eigenvalue weighted by Gasteiger charge is 2.29. The van der Waals surface area contributed by atoms with E-state index in [4.69, 9.17) is 5.84 Å². The number of hydrogen-bond acceptors (Lipinski definition) is 6. The molecule has 9 heteroatoms. The molecule has 0 aliphatic rings. The summed E-state index contributed by atoms with van der Waals surface area (Å²) >= 11 is 1.48. The highest BCUT2D eigenvalue weighted by Crippen LogP contribution is 2.33. The van der Waals surface area contributed by atoms with Crippen LogP contribution in [-0.4, -0.2) is 34.6 Å². The number of halogens is 3. The topological polar surface area (TPSA) is 67.1 Å². The number of nitrogens with two attached hydrogens (primary N) is 1. The van der Waals surface area contributed by atoms with Gasteiger partial charge in [0, 0.05) is 4.88 Å². The third kappa shape index (κ3) is 3.60. The molecule has 0 atom stereocenters. The Morgan fingerprint density at radius 2 is 1.95 bits per heavy atom. The molecule has 21 heavy (non-hydrogen) atoms. The molecule has 0 bridgehead atoms. The predicted octanol–water partition coefficient (Wildman–Crippen LogP) is 2.59. The van der Waals surface area contributed by atoms with Crippen LogP contribution in [-0.2, 0) is 6.54 Å². The predicted molar refractivity (Wildman–Crippen MR) is 77.1 cm³/mol. The Morgan fingerprint density at radius 1 is 1.29 bits per heavy atom. The smallest absolute Gasteiger partial charge is 0.308 e. The highest BCUT2D eigenvalue weighted by atomic mass is 32.1. The van der Waals surface area contributed by atoms with E-state index in [0.29, 0.717) is 11.6 Å². The lowest BCUT2D eigenvalue weighted by Gasteiger charge is -2.17. The van der Waals surface area contributed by atoms with E-state index >= 15 is 0 Å². The third-order valence-electron chi connectivity index (χ3n) is 3.07. The first-order valence-corrected chi connectivity index (χ1v) is 7.01. The molecule has 0 radical (unpaired) electrons. The van der Waals surface area contributed by atoms with Crippen molar-refractivity contribution in [2.45, 2.75) is 26.6 Å². The van der Waals surface area contributed by atoms with Crippen molar-refractivity contribution in [2.75, 3.05) is 19.0 Å². The summed E-state index contributed by atoms with van der Waals surface area (Å²) in [6.45, 7) is 2.88. The largest absolute Gasteiger partial charge is 0.401 e. The molecule has 0 saturated heterocycles. The van der Waals surface area contributed by atoms with Gasteiger partial charge in [-0.1, -0.05) is 0 Å². The molecule has 0 aliphatic heterocycles. The van der Waals surface area contributed by atoms with Crippen LogP contribution in [0, 0.1) is 13.8 Å². The molecule has 2 aromatic heterocycles. The third-order valence-corrected chi connectivity index (χ3v) is 4.17. The van der Waals surface area contributed by atoms with Gasteiger partial charge in [-0.05, 0) is 26.5 Å². The molecule has 3 N–H and O–H groups in total. The summed E-state index contributed by atoms with van der Waals surface area (Å²) in [4.78, 5) is 11.5. The van der Waals surface area contributed by atoms with Crippen molar-refractivity contribution >= 4 is 27.4 Å². The summed E-state index contributed by atoms with van der Waals surface area (Å²) in [5, 5.41) is 0.822. The molecule has 5 nitrogen and oxygen atoms in total. The average molecular weight is 319 g/mol. The molecule has 0 fully saturated rings. The van der Waals surface area contributed by atoms with Crippen LogP contribution < -0.4 is 11.3 Å². The number of rotatable bonds is 4. The monoisotopic (exact) mass is 319 g/mol. The average Bonchev–Trinajstić information content (AvgIpc) is 2.61. The van der Waals surface area contributed by atoms with Gasteiger partial charge in [0.1, 0.15) is 10.7 Å². The zero-order valence-corrected chi connectivity index (χ0v) is 12.7. The van der Waals surface area contributed by atoms with E-state index in [0.717, 1.165) is 25.6 Å². The van der Waals surface area contributed by atoms with Crippen molar-refractivity contribution in [1.29, 1.82) is 0 Å². The van der Waals surface area contributed by atoms with E-state index < -0.39 is 12.7 Å². The second-order valence-corrected chi connectivity index (χ2v) is 6.09. The van der Waals surface area contributed by atoms with Gasteiger partial charge in [0.15, 0.2) is 5.82 Å². The maximum atomic E-state index is 12.4. The fourth-order valence-electron chi connectivity index (χ4n) is 2.07. The molecular weight excluding hydrogens is 303 g/mol. The van der Waals surface area contributed by atoms with E-state index in [9.17, 15) is 13.2 Å². The van der Waals surface area contributed by atoms with Crippen LogP contribution in [0.25, 0.3) is 10.2 Å². The number of hydrogen-bond donors (Lipinski definition) is 2. The number of nitrogens with one attached hydrogen (secondary N) is 1. The van der Waals surface area contributed by atoms with Crippen LogP contribution in [0.4, 0.5) is 19.0 Å². The van der Waals surface area contributed by atoms with Crippen LogP contribution in [0.3, 0.4) is 0 Å². The number of aromatic nitrogens is 2. The summed E-state index contributed by atoms with van der Waals surface area (Å²) in [6, 6.07) is 0. The molecule has 0 aliphatic carbocycles. The lowest BCUT2D eigenvalue weighted by Crippen LogP contribution is -2.31. The van der Waals surface area contributed by atoms with Crippen molar-refractivity contribution < 1.29 is 13.2 Å². The van der Waals surface area contributed by atoms with Gasteiger partial charge < -0.3 is 5.43 Å². The summed E-state index contributed by atoms with van der Waals surface area (Å²) in [5.41, 5.74) is 3.53. The zero-order chi connectivity index (χ0) is 15.8. The standard InChI is InChI=1S/C12H16F3N5S/c1-6-7(2)21-11-9(6)10(19-16)17-8(18-11)4-20(3)5-12(13,14)15/h4-5,16H2,1-3H3,(H,17,18,19). The number of nitrogen functional groups attached to an aromatic ring is 1. The van der Waals surface area contributed by atoms with E-state index in [2.05, 4.69) is 15.4 Å². The van der Waals surface area contributed by atoms with Gasteiger partial charge in [-0.15, -0.1) is 11.3 Å². The van der Waals surface area contributed by atoms with Crippen LogP contribution in [0.2, 0.25) is 0 Å². The summed E-state index contributed by atoms with van der Waals surface area (Å²) in [6.07, 6.45) is -4.25. The zero-order valence-electron chi connectivity index (χ0n) is 11.9. The first-order chi connectivity index (χ1) is 9.71. The first-order valence-electron chi connectivity index (χ1n) is 6.20. The minimum absolute atomic E-state index is 0.000124. The number of nitrogens with zero attached hydrogens (tertiary/aromatic N) is 3. The van der Waals surface area contributed by atoms with Gasteiger partial charge >= 0.3 is 6.18 Å². The lowest BCUT2D eigenvalue weighted by atomic mass is 10.2. The Kier molecular flexibility index (Phi) is 4.35. The summed E-state index contributed by atoms with van der Waals surface area (Å²) in [5.74, 6) is 6.22. The van der Waals surface area contributed by atoms with E-state index in [1.807, 2.05) is 13.8 Å². The summed E-state index contributed by atoms with van der Waals surface area (Å²) < 4.78 is 37.1. The van der Waals surface area contributed by atoms with Crippen LogP contribution in [0.15, 0.2) is 0 Å². The molecular formula is C12H16F3N5S. The number of anilines is 1. The minimum Gasteiger partial charge on any atom is -0.308 e. The number of hydrazine groups is 1. The van der Waals surface area contributed by atoms with Crippen LogP contribution in [0.5, 0.6) is 0 Å². The molecule has 116 valence electrons. The molecule has 2 rings (SSSR count). The molecule has 2 heterocycles. The lowest BCUT2D eigenvalue weighted by molar-refractivity contribution is -0.144. The Morgan fingerprint density at radius 3 is 2.52 bits per heavy atom. The molecule has 0 aromatic carbocycles. The van der Waals surface area contributed by atoms with Crippen molar-refractivity contribution in [3.8, 4) is 0 Å². The van der Waals surface area contributed by atoms with Crippen LogP contribution in [0.1, 0.15) is 16.3 Å². The van der Waals surface area contributed by atoms with Crippen molar-refractivity contribution in [2.24, 2.45) is 5.84 Å². The second-order valence-electron chi connectivity index (χ2n) is 4.88. The quantitative estimate of drug-likeness (QED) is 0.670. The fourth-order valence-corrected chi connectivity index (χ4v) is 3.12. The van der Waals surface area contributed by atoms with Gasteiger partial charge in [0.25, 0.3) is 0 Å². The normalized spacial score (nSPS) is 12.4. The minimum atomic E-state index is -4.25. The van der Waals surface area contributed by atoms with E-state index in [-0.39, 0.29) is 6.54 Å². The number of fused-ring (bicyclic) bond motifs is 1. The Labute approximate surface area is 123 Å². The Balaban J connectivity index is 2.33. The molecule has 0 spiro atoms. The SMILES string of the molecule is Cc1sc2nc(CN(C)CC(F)(F)F)nc(NN)c2c1C. The van der Waals surface area contributed by atoms with Gasteiger partial charge in [-0.3, -0.25) is 4.90 Å². The highest BCUT2D eigenvalue weighted by molar-refractivity contribution is 7.18. The van der Waals surface area contributed by atoms with Crippen LogP contribution >= 0.6 is 11.3 Å². The molecule has 2 aromatic rings. The van der Waals surface area contributed by atoms with Crippen molar-refractivity contribution in [3.63, 3.8) is 0 Å². The van der Waals surface area contributed by atoms with Gasteiger partial charge in [0.05, 0.1) is 18.5 Å². The number of alkyl halides is 3. The van der Waals surface area contributed by atoms with Gasteiger partial charge in [-0.2, -0.15) is 13.2 Å². The second kappa shape index (κ2) is 5.74. The van der Waals surface area contributed by atoms with Gasteiger partial charge in [0.2, 0.25) is 0 Å².